The van der Waals surface area contributed by atoms with Crippen LogP contribution in [0.2, 0.25) is 0 Å². The van der Waals surface area contributed by atoms with Gasteiger partial charge in [0, 0.05) is 0 Å². The minimum atomic E-state index is -0.147. The highest BCUT2D eigenvalue weighted by molar-refractivity contribution is 5.16. The van der Waals surface area contributed by atoms with Crippen molar-refractivity contribution < 1.29 is 4.39 Å². The normalized spacial score (nSPS) is 10.6. The van der Waals surface area contributed by atoms with Crippen molar-refractivity contribution in [1.82, 2.24) is 10.6 Å². The molecule has 90 valence electrons. The first kappa shape index (κ1) is 13.1. The zero-order valence-corrected chi connectivity index (χ0v) is 9.93. The van der Waals surface area contributed by atoms with Gasteiger partial charge in [-0.2, -0.15) is 0 Å². The van der Waals surface area contributed by atoms with Crippen LogP contribution < -0.4 is 10.6 Å². The number of hydrogen-bond donors (Lipinski definition) is 2. The summed E-state index contributed by atoms with van der Waals surface area (Å²) in [6.45, 7) is 3.03. The Labute approximate surface area is 97.3 Å². The molecule has 0 bridgehead atoms. The molecule has 0 aliphatic rings. The van der Waals surface area contributed by atoms with Gasteiger partial charge in [-0.15, -0.1) is 0 Å². The Morgan fingerprint density at radius 1 is 1.12 bits per heavy atom. The first-order valence-corrected chi connectivity index (χ1v) is 5.92. The summed E-state index contributed by atoms with van der Waals surface area (Å²) >= 11 is 0. The molecule has 0 spiro atoms. The lowest BCUT2D eigenvalue weighted by atomic mass is 10.1. The third-order valence-corrected chi connectivity index (χ3v) is 2.51. The largest absolute Gasteiger partial charge is 0.320 e. The van der Waals surface area contributed by atoms with E-state index in [2.05, 4.69) is 10.6 Å². The van der Waals surface area contributed by atoms with E-state index < -0.39 is 0 Å². The van der Waals surface area contributed by atoms with E-state index in [1.165, 1.54) is 18.9 Å². The van der Waals surface area contributed by atoms with Crippen molar-refractivity contribution in [3.8, 4) is 0 Å². The number of unbranched alkanes of at least 4 members (excludes halogenated alkanes) is 1. The second-order valence-corrected chi connectivity index (χ2v) is 3.94. The Morgan fingerprint density at radius 2 is 1.94 bits per heavy atom. The lowest BCUT2D eigenvalue weighted by Crippen LogP contribution is -2.19. The molecule has 0 saturated heterocycles. The second kappa shape index (κ2) is 8.25. The monoisotopic (exact) mass is 224 g/mol. The average Bonchev–Trinajstić information content (AvgIpc) is 2.28. The van der Waals surface area contributed by atoms with Crippen molar-refractivity contribution in [2.45, 2.75) is 19.3 Å². The molecule has 0 aliphatic carbocycles. The molecule has 0 radical (unpaired) electrons. The van der Waals surface area contributed by atoms with Gasteiger partial charge in [-0.05, 0) is 63.6 Å². The van der Waals surface area contributed by atoms with Crippen molar-refractivity contribution in [1.29, 1.82) is 0 Å². The number of hydrogen-bond acceptors (Lipinski definition) is 2. The van der Waals surface area contributed by atoms with Gasteiger partial charge in [0.1, 0.15) is 5.82 Å². The zero-order valence-electron chi connectivity index (χ0n) is 9.93. The van der Waals surface area contributed by atoms with E-state index in [1.807, 2.05) is 13.1 Å². The van der Waals surface area contributed by atoms with Gasteiger partial charge < -0.3 is 10.6 Å². The minimum absolute atomic E-state index is 0.147. The molecule has 2 N–H and O–H groups in total. The predicted octanol–water partition coefficient (Wildman–Crippen LogP) is 1.96. The fraction of sp³-hybridized carbons (Fsp3) is 0.538. The van der Waals surface area contributed by atoms with Crippen LogP contribution in [0.3, 0.4) is 0 Å². The standard InChI is InChI=1S/C13H21FN2/c1-15-8-2-3-9-16-10-7-12-5-4-6-13(14)11-12/h4-6,11,15-16H,2-3,7-10H2,1H3. The van der Waals surface area contributed by atoms with Gasteiger partial charge in [0.15, 0.2) is 0 Å². The van der Waals surface area contributed by atoms with Crippen LogP contribution in [-0.4, -0.2) is 26.7 Å². The predicted molar refractivity (Wildman–Crippen MR) is 66.1 cm³/mol. The Morgan fingerprint density at radius 3 is 2.69 bits per heavy atom. The maximum atomic E-state index is 12.9. The van der Waals surface area contributed by atoms with E-state index in [0.29, 0.717) is 0 Å². The fourth-order valence-corrected chi connectivity index (χ4v) is 1.60. The maximum absolute atomic E-state index is 12.9. The molecule has 0 heterocycles. The minimum Gasteiger partial charge on any atom is -0.320 e. The van der Waals surface area contributed by atoms with Crippen LogP contribution in [0.1, 0.15) is 18.4 Å². The summed E-state index contributed by atoms with van der Waals surface area (Å²) < 4.78 is 12.9. The van der Waals surface area contributed by atoms with Crippen LogP contribution in [0.5, 0.6) is 0 Å². The van der Waals surface area contributed by atoms with Crippen LogP contribution in [0.4, 0.5) is 4.39 Å². The molecule has 1 aromatic carbocycles. The van der Waals surface area contributed by atoms with Crippen LogP contribution in [0, 0.1) is 5.82 Å². The molecule has 3 heteroatoms. The lowest BCUT2D eigenvalue weighted by Gasteiger charge is -2.05. The van der Waals surface area contributed by atoms with Crippen molar-refractivity contribution >= 4 is 0 Å². The molecule has 16 heavy (non-hydrogen) atoms. The Hall–Kier alpha value is -0.930. The summed E-state index contributed by atoms with van der Waals surface area (Å²) in [5, 5.41) is 6.48. The van der Waals surface area contributed by atoms with Crippen LogP contribution in [-0.2, 0) is 6.42 Å². The van der Waals surface area contributed by atoms with E-state index in [0.717, 1.165) is 31.6 Å². The Balaban J connectivity index is 2.03. The molecule has 0 amide bonds. The van der Waals surface area contributed by atoms with Crippen LogP contribution in [0.15, 0.2) is 24.3 Å². The van der Waals surface area contributed by atoms with Gasteiger partial charge in [0.2, 0.25) is 0 Å². The van der Waals surface area contributed by atoms with Crippen LogP contribution >= 0.6 is 0 Å². The van der Waals surface area contributed by atoms with E-state index in [-0.39, 0.29) is 5.82 Å². The van der Waals surface area contributed by atoms with Gasteiger partial charge in [-0.3, -0.25) is 0 Å². The first-order valence-electron chi connectivity index (χ1n) is 5.92. The van der Waals surface area contributed by atoms with E-state index in [9.17, 15) is 4.39 Å². The molecule has 0 atom stereocenters. The molecule has 0 fully saturated rings. The number of halogens is 1. The molecule has 1 aromatic rings. The molecule has 0 aliphatic heterocycles. The number of rotatable bonds is 8. The Bertz CT molecular complexity index is 289. The molecule has 2 nitrogen and oxygen atoms in total. The van der Waals surface area contributed by atoms with Gasteiger partial charge in [0.25, 0.3) is 0 Å². The van der Waals surface area contributed by atoms with Crippen molar-refractivity contribution in [3.05, 3.63) is 35.6 Å². The molecule has 0 saturated carbocycles. The lowest BCUT2D eigenvalue weighted by molar-refractivity contribution is 0.602. The summed E-state index contributed by atoms with van der Waals surface area (Å²) in [5.74, 6) is -0.147. The molecule has 0 aromatic heterocycles. The van der Waals surface area contributed by atoms with Gasteiger partial charge in [-0.25, -0.2) is 4.39 Å². The number of nitrogens with one attached hydrogen (secondary N) is 2. The van der Waals surface area contributed by atoms with Gasteiger partial charge in [-0.1, -0.05) is 12.1 Å². The fourth-order valence-electron chi connectivity index (χ4n) is 1.60. The first-order chi connectivity index (χ1) is 7.83. The van der Waals surface area contributed by atoms with E-state index in [1.54, 1.807) is 12.1 Å². The van der Waals surface area contributed by atoms with E-state index in [4.69, 9.17) is 0 Å². The summed E-state index contributed by atoms with van der Waals surface area (Å²) in [6, 6.07) is 6.81. The summed E-state index contributed by atoms with van der Waals surface area (Å²) in [4.78, 5) is 0. The summed E-state index contributed by atoms with van der Waals surface area (Å²) in [5.41, 5.74) is 1.06. The third-order valence-electron chi connectivity index (χ3n) is 2.51. The van der Waals surface area contributed by atoms with Crippen molar-refractivity contribution in [2.75, 3.05) is 26.7 Å². The smallest absolute Gasteiger partial charge is 0.123 e. The van der Waals surface area contributed by atoms with Gasteiger partial charge in [0.05, 0.1) is 0 Å². The average molecular weight is 224 g/mol. The van der Waals surface area contributed by atoms with Crippen molar-refractivity contribution in [3.63, 3.8) is 0 Å². The quantitative estimate of drug-likeness (QED) is 0.660. The summed E-state index contributed by atoms with van der Waals surface area (Å²) in [7, 11) is 1.97. The van der Waals surface area contributed by atoms with Gasteiger partial charge >= 0.3 is 0 Å². The summed E-state index contributed by atoms with van der Waals surface area (Å²) in [6.07, 6.45) is 3.28. The second-order valence-electron chi connectivity index (χ2n) is 3.94. The highest BCUT2D eigenvalue weighted by Gasteiger charge is 1.95. The molecular formula is C13H21FN2. The van der Waals surface area contributed by atoms with Crippen molar-refractivity contribution in [2.24, 2.45) is 0 Å². The molecule has 1 rings (SSSR count). The molecule has 0 unspecified atom stereocenters. The topological polar surface area (TPSA) is 24.1 Å². The maximum Gasteiger partial charge on any atom is 0.123 e. The highest BCUT2D eigenvalue weighted by Crippen LogP contribution is 2.03. The van der Waals surface area contributed by atoms with E-state index >= 15 is 0 Å². The zero-order chi connectivity index (χ0) is 11.6. The molecular weight excluding hydrogens is 203 g/mol. The SMILES string of the molecule is CNCCCCNCCc1cccc(F)c1. The highest BCUT2D eigenvalue weighted by atomic mass is 19.1. The number of benzene rings is 1. The third kappa shape index (κ3) is 5.83. The Kier molecular flexibility index (Phi) is 6.77. The van der Waals surface area contributed by atoms with Crippen LogP contribution in [0.25, 0.3) is 0 Å².